The van der Waals surface area contributed by atoms with Crippen LogP contribution in [0.4, 0.5) is 0 Å². The zero-order chi connectivity index (χ0) is 12.7. The molecule has 1 rings (SSSR count). The lowest BCUT2D eigenvalue weighted by molar-refractivity contribution is 0.354. The van der Waals surface area contributed by atoms with Gasteiger partial charge in [0, 0.05) is 13.1 Å². The molecule has 0 aliphatic heterocycles. The number of hydrogen-bond acceptors (Lipinski definition) is 2. The van der Waals surface area contributed by atoms with Crippen LogP contribution >= 0.6 is 0 Å². The maximum Gasteiger partial charge on any atom is 0.0236 e. The van der Waals surface area contributed by atoms with Gasteiger partial charge >= 0.3 is 0 Å². The van der Waals surface area contributed by atoms with Gasteiger partial charge in [0.15, 0.2) is 0 Å². The van der Waals surface area contributed by atoms with E-state index in [0.717, 1.165) is 26.1 Å². The van der Waals surface area contributed by atoms with E-state index in [0.29, 0.717) is 0 Å². The Balaban J connectivity index is 2.65. The largest absolute Gasteiger partial charge is 0.319 e. The Morgan fingerprint density at radius 1 is 1.29 bits per heavy atom. The number of nitrogens with one attached hydrogen (secondary N) is 1. The van der Waals surface area contributed by atoms with Crippen LogP contribution in [-0.4, -0.2) is 32.1 Å². The third kappa shape index (κ3) is 5.16. The third-order valence-electron chi connectivity index (χ3n) is 2.74. The second-order valence-corrected chi connectivity index (χ2v) is 4.75. The van der Waals surface area contributed by atoms with Crippen molar-refractivity contribution in [3.63, 3.8) is 0 Å². The first-order chi connectivity index (χ1) is 8.13. The predicted octanol–water partition coefficient (Wildman–Crippen LogP) is 2.46. The summed E-state index contributed by atoms with van der Waals surface area (Å²) >= 11 is 0. The molecule has 0 unspecified atom stereocenters. The van der Waals surface area contributed by atoms with Crippen molar-refractivity contribution in [2.45, 2.75) is 19.9 Å². The fourth-order valence-corrected chi connectivity index (χ4v) is 2.02. The van der Waals surface area contributed by atoms with Crippen molar-refractivity contribution in [2.24, 2.45) is 0 Å². The summed E-state index contributed by atoms with van der Waals surface area (Å²) in [5.41, 5.74) is 4.07. The predicted molar refractivity (Wildman–Crippen MR) is 75.2 cm³/mol. The number of hydrogen-bond donors (Lipinski definition) is 1. The molecule has 0 bridgehead atoms. The minimum absolute atomic E-state index is 0.959. The van der Waals surface area contributed by atoms with Crippen LogP contribution in [0.15, 0.2) is 36.4 Å². The SMILES string of the molecule is C=C(C)CN(C)Cc1ccccc1CCNC. The number of rotatable bonds is 7. The quantitative estimate of drug-likeness (QED) is 0.727. The molecule has 1 N–H and O–H groups in total. The summed E-state index contributed by atoms with van der Waals surface area (Å²) in [6.07, 6.45) is 1.09. The Bertz CT molecular complexity index is 358. The summed E-state index contributed by atoms with van der Waals surface area (Å²) in [4.78, 5) is 2.31. The van der Waals surface area contributed by atoms with Gasteiger partial charge in [0.05, 0.1) is 0 Å². The Labute approximate surface area is 105 Å². The van der Waals surface area contributed by atoms with Crippen LogP contribution in [0.1, 0.15) is 18.1 Å². The van der Waals surface area contributed by atoms with Crippen LogP contribution < -0.4 is 5.32 Å². The van der Waals surface area contributed by atoms with Crippen molar-refractivity contribution in [3.05, 3.63) is 47.5 Å². The zero-order valence-electron chi connectivity index (χ0n) is 11.3. The molecule has 0 radical (unpaired) electrons. The molecule has 1 aromatic carbocycles. The normalized spacial score (nSPS) is 10.8. The van der Waals surface area contributed by atoms with Gasteiger partial charge in [-0.2, -0.15) is 0 Å². The molecule has 0 amide bonds. The van der Waals surface area contributed by atoms with Crippen LogP contribution in [0.3, 0.4) is 0 Å². The van der Waals surface area contributed by atoms with Gasteiger partial charge in [-0.1, -0.05) is 36.4 Å². The molecule has 0 heterocycles. The van der Waals surface area contributed by atoms with Crippen LogP contribution in [0.2, 0.25) is 0 Å². The second-order valence-electron chi connectivity index (χ2n) is 4.75. The van der Waals surface area contributed by atoms with Gasteiger partial charge in [0.1, 0.15) is 0 Å². The second kappa shape index (κ2) is 7.25. The molecule has 0 aliphatic carbocycles. The molecule has 1 aromatic rings. The lowest BCUT2D eigenvalue weighted by Gasteiger charge is -2.19. The average Bonchev–Trinajstić information content (AvgIpc) is 2.26. The van der Waals surface area contributed by atoms with Crippen molar-refractivity contribution in [3.8, 4) is 0 Å². The number of benzene rings is 1. The zero-order valence-corrected chi connectivity index (χ0v) is 11.3. The third-order valence-corrected chi connectivity index (χ3v) is 2.74. The molecule has 0 saturated heterocycles. The minimum Gasteiger partial charge on any atom is -0.319 e. The van der Waals surface area contributed by atoms with Gasteiger partial charge in [-0.05, 0) is 45.1 Å². The molecule has 0 atom stereocenters. The molecule has 0 spiro atoms. The monoisotopic (exact) mass is 232 g/mol. The highest BCUT2D eigenvalue weighted by Crippen LogP contribution is 2.12. The van der Waals surface area contributed by atoms with Crippen LogP contribution in [0, 0.1) is 0 Å². The van der Waals surface area contributed by atoms with Crippen LogP contribution in [-0.2, 0) is 13.0 Å². The van der Waals surface area contributed by atoms with Crippen molar-refractivity contribution >= 4 is 0 Å². The van der Waals surface area contributed by atoms with Gasteiger partial charge in [-0.3, -0.25) is 4.90 Å². The summed E-state index contributed by atoms with van der Waals surface area (Å²) < 4.78 is 0. The van der Waals surface area contributed by atoms with Gasteiger partial charge in [-0.15, -0.1) is 0 Å². The van der Waals surface area contributed by atoms with E-state index in [9.17, 15) is 0 Å². The summed E-state index contributed by atoms with van der Waals surface area (Å²) in [7, 11) is 4.14. The summed E-state index contributed by atoms with van der Waals surface area (Å²) in [5, 5.41) is 3.20. The first kappa shape index (κ1) is 13.9. The summed E-state index contributed by atoms with van der Waals surface area (Å²) in [6, 6.07) is 8.68. The summed E-state index contributed by atoms with van der Waals surface area (Å²) in [6.45, 7) is 9.01. The Morgan fingerprint density at radius 3 is 2.53 bits per heavy atom. The lowest BCUT2D eigenvalue weighted by atomic mass is 10.0. The van der Waals surface area contributed by atoms with E-state index in [2.05, 4.69) is 55.0 Å². The van der Waals surface area contributed by atoms with Crippen molar-refractivity contribution < 1.29 is 0 Å². The van der Waals surface area contributed by atoms with Gasteiger partial charge in [-0.25, -0.2) is 0 Å². The van der Waals surface area contributed by atoms with Gasteiger partial charge < -0.3 is 5.32 Å². The Kier molecular flexibility index (Phi) is 5.95. The fraction of sp³-hybridized carbons (Fsp3) is 0.467. The highest BCUT2D eigenvalue weighted by molar-refractivity contribution is 5.27. The standard InChI is InChI=1S/C15H24N2/c1-13(2)11-17(4)12-15-8-6-5-7-14(15)9-10-16-3/h5-8,16H,1,9-12H2,2-4H3. The molecule has 2 nitrogen and oxygen atoms in total. The fourth-order valence-electron chi connectivity index (χ4n) is 2.02. The van der Waals surface area contributed by atoms with E-state index in [1.807, 2.05) is 7.05 Å². The molecule has 94 valence electrons. The van der Waals surface area contributed by atoms with E-state index >= 15 is 0 Å². The maximum absolute atomic E-state index is 3.96. The smallest absolute Gasteiger partial charge is 0.0236 e. The first-order valence-corrected chi connectivity index (χ1v) is 6.17. The molecule has 0 fully saturated rings. The van der Waals surface area contributed by atoms with Crippen molar-refractivity contribution in [1.82, 2.24) is 10.2 Å². The first-order valence-electron chi connectivity index (χ1n) is 6.17. The molecule has 17 heavy (non-hydrogen) atoms. The van der Waals surface area contributed by atoms with Crippen LogP contribution in [0.5, 0.6) is 0 Å². The molecule has 2 heteroatoms. The topological polar surface area (TPSA) is 15.3 Å². The minimum atomic E-state index is 0.959. The molecule has 0 aliphatic rings. The van der Waals surface area contributed by atoms with E-state index in [-0.39, 0.29) is 0 Å². The Morgan fingerprint density at radius 2 is 1.94 bits per heavy atom. The van der Waals surface area contributed by atoms with Crippen LogP contribution in [0.25, 0.3) is 0 Å². The maximum atomic E-state index is 3.96. The van der Waals surface area contributed by atoms with Gasteiger partial charge in [0.2, 0.25) is 0 Å². The lowest BCUT2D eigenvalue weighted by Crippen LogP contribution is -2.21. The molecule has 0 aromatic heterocycles. The highest BCUT2D eigenvalue weighted by atomic mass is 15.1. The molecule has 0 saturated carbocycles. The summed E-state index contributed by atoms with van der Waals surface area (Å²) in [5.74, 6) is 0. The van der Waals surface area contributed by atoms with E-state index < -0.39 is 0 Å². The number of nitrogens with zero attached hydrogens (tertiary/aromatic N) is 1. The van der Waals surface area contributed by atoms with E-state index in [1.165, 1.54) is 16.7 Å². The highest BCUT2D eigenvalue weighted by Gasteiger charge is 2.05. The van der Waals surface area contributed by atoms with E-state index in [4.69, 9.17) is 0 Å². The number of likely N-dealkylation sites (N-methyl/N-ethyl adjacent to an activating group) is 2. The Hall–Kier alpha value is -1.12. The van der Waals surface area contributed by atoms with Crippen molar-refractivity contribution in [1.29, 1.82) is 0 Å². The average molecular weight is 232 g/mol. The van der Waals surface area contributed by atoms with Crippen molar-refractivity contribution in [2.75, 3.05) is 27.2 Å². The molecular weight excluding hydrogens is 208 g/mol. The van der Waals surface area contributed by atoms with Gasteiger partial charge in [0.25, 0.3) is 0 Å². The molecular formula is C15H24N2. The van der Waals surface area contributed by atoms with E-state index in [1.54, 1.807) is 0 Å².